The lowest BCUT2D eigenvalue weighted by Crippen LogP contribution is -2.58. The SMILES string of the molecule is CC(C)C1(F)N(C(=O)O)C(F)C(F)(F)C1(F)F. The second-order valence-electron chi connectivity index (χ2n) is 4.01. The standard InChI is InChI=1S/C8H9F6NO2/c1-3(2)7(12)8(13,14)6(10,11)4(9)15(7)5(16)17/h3-4H,1-2H3,(H,16,17). The Hall–Kier alpha value is -1.15. The maximum absolute atomic E-state index is 13.9. The van der Waals surface area contributed by atoms with Crippen molar-refractivity contribution in [3.63, 3.8) is 0 Å². The molecule has 1 heterocycles. The molecular formula is C8H9F6NO2. The van der Waals surface area contributed by atoms with Gasteiger partial charge in [-0.05, 0) is 0 Å². The van der Waals surface area contributed by atoms with E-state index in [-0.39, 0.29) is 0 Å². The fraction of sp³-hybridized carbons (Fsp3) is 0.875. The molecule has 1 fully saturated rings. The van der Waals surface area contributed by atoms with Gasteiger partial charge < -0.3 is 5.11 Å². The van der Waals surface area contributed by atoms with Crippen molar-refractivity contribution in [2.24, 2.45) is 5.92 Å². The van der Waals surface area contributed by atoms with Crippen molar-refractivity contribution in [3.8, 4) is 0 Å². The van der Waals surface area contributed by atoms with Gasteiger partial charge in [-0.15, -0.1) is 0 Å². The number of amides is 1. The van der Waals surface area contributed by atoms with Crippen LogP contribution in [-0.4, -0.2) is 40.0 Å². The Bertz CT molecular complexity index is 347. The predicted octanol–water partition coefficient (Wildman–Crippen LogP) is 2.87. The summed E-state index contributed by atoms with van der Waals surface area (Å²) >= 11 is 0. The summed E-state index contributed by atoms with van der Waals surface area (Å²) in [6.45, 7) is 1.52. The molecule has 0 saturated carbocycles. The van der Waals surface area contributed by atoms with Crippen LogP contribution in [0.25, 0.3) is 0 Å². The normalized spacial score (nSPS) is 35.4. The summed E-state index contributed by atoms with van der Waals surface area (Å²) in [7, 11) is 0. The fourth-order valence-electron chi connectivity index (χ4n) is 1.74. The minimum absolute atomic E-state index is 0.762. The summed E-state index contributed by atoms with van der Waals surface area (Å²) in [6.07, 6.45) is -6.44. The quantitative estimate of drug-likeness (QED) is 0.585. The summed E-state index contributed by atoms with van der Waals surface area (Å²) in [6, 6.07) is 0. The zero-order chi connectivity index (χ0) is 13.8. The monoisotopic (exact) mass is 265 g/mol. The summed E-state index contributed by atoms with van der Waals surface area (Å²) in [5, 5.41) is 8.41. The van der Waals surface area contributed by atoms with Gasteiger partial charge >= 0.3 is 17.9 Å². The predicted molar refractivity (Wildman–Crippen MR) is 43.3 cm³/mol. The maximum atomic E-state index is 13.9. The largest absolute Gasteiger partial charge is 0.465 e. The Balaban J connectivity index is 3.48. The van der Waals surface area contributed by atoms with Crippen molar-refractivity contribution in [2.45, 2.75) is 37.8 Å². The molecule has 3 nitrogen and oxygen atoms in total. The maximum Gasteiger partial charge on any atom is 0.412 e. The van der Waals surface area contributed by atoms with E-state index in [4.69, 9.17) is 5.11 Å². The number of nitrogens with zero attached hydrogens (tertiary/aromatic N) is 1. The summed E-state index contributed by atoms with van der Waals surface area (Å²) in [4.78, 5) is 9.33. The highest BCUT2D eigenvalue weighted by Gasteiger charge is 2.85. The third-order valence-corrected chi connectivity index (χ3v) is 2.71. The van der Waals surface area contributed by atoms with Crippen molar-refractivity contribution in [1.82, 2.24) is 4.90 Å². The molecule has 0 spiro atoms. The molecule has 17 heavy (non-hydrogen) atoms. The van der Waals surface area contributed by atoms with E-state index < -0.39 is 40.8 Å². The van der Waals surface area contributed by atoms with Crippen LogP contribution in [0, 0.1) is 5.92 Å². The molecule has 100 valence electrons. The van der Waals surface area contributed by atoms with Gasteiger partial charge in [0, 0.05) is 5.92 Å². The van der Waals surface area contributed by atoms with Gasteiger partial charge in [-0.25, -0.2) is 18.5 Å². The van der Waals surface area contributed by atoms with Crippen LogP contribution in [0.15, 0.2) is 0 Å². The van der Waals surface area contributed by atoms with Gasteiger partial charge in [-0.2, -0.15) is 17.6 Å². The van der Waals surface area contributed by atoms with Crippen LogP contribution in [-0.2, 0) is 0 Å². The summed E-state index contributed by atoms with van der Waals surface area (Å²) in [5.74, 6) is -17.0. The Labute approximate surface area is 92.0 Å². The van der Waals surface area contributed by atoms with Crippen LogP contribution < -0.4 is 0 Å². The number of hydrogen-bond acceptors (Lipinski definition) is 1. The van der Waals surface area contributed by atoms with Gasteiger partial charge in [0.1, 0.15) is 0 Å². The topological polar surface area (TPSA) is 40.5 Å². The van der Waals surface area contributed by atoms with E-state index in [0.29, 0.717) is 0 Å². The minimum atomic E-state index is -5.44. The number of halogens is 6. The molecule has 0 aromatic carbocycles. The van der Waals surface area contributed by atoms with Crippen LogP contribution in [0.5, 0.6) is 0 Å². The zero-order valence-electron chi connectivity index (χ0n) is 8.73. The minimum Gasteiger partial charge on any atom is -0.465 e. The van der Waals surface area contributed by atoms with E-state index in [0.717, 1.165) is 13.8 Å². The van der Waals surface area contributed by atoms with Gasteiger partial charge in [0.05, 0.1) is 0 Å². The Kier molecular flexibility index (Phi) is 2.80. The number of rotatable bonds is 1. The molecule has 9 heteroatoms. The first-order valence-corrected chi connectivity index (χ1v) is 4.53. The van der Waals surface area contributed by atoms with E-state index in [2.05, 4.69) is 0 Å². The first-order chi connectivity index (χ1) is 7.42. The molecule has 0 bridgehead atoms. The second kappa shape index (κ2) is 3.42. The lowest BCUT2D eigenvalue weighted by Gasteiger charge is -2.35. The molecule has 1 rings (SSSR count). The Morgan fingerprint density at radius 1 is 1.24 bits per heavy atom. The lowest BCUT2D eigenvalue weighted by molar-refractivity contribution is -0.260. The third-order valence-electron chi connectivity index (χ3n) is 2.71. The number of hydrogen-bond donors (Lipinski definition) is 1. The van der Waals surface area contributed by atoms with Crippen molar-refractivity contribution < 1.29 is 36.2 Å². The average molecular weight is 265 g/mol. The van der Waals surface area contributed by atoms with E-state index >= 15 is 0 Å². The number of likely N-dealkylation sites (tertiary alicyclic amines) is 1. The third kappa shape index (κ3) is 1.34. The Morgan fingerprint density at radius 2 is 1.65 bits per heavy atom. The van der Waals surface area contributed by atoms with Crippen molar-refractivity contribution in [2.75, 3.05) is 0 Å². The molecular weight excluding hydrogens is 256 g/mol. The fourth-order valence-corrected chi connectivity index (χ4v) is 1.74. The lowest BCUT2D eigenvalue weighted by atomic mass is 9.94. The smallest absolute Gasteiger partial charge is 0.412 e. The first kappa shape index (κ1) is 13.9. The van der Waals surface area contributed by atoms with Gasteiger partial charge in [-0.1, -0.05) is 13.8 Å². The van der Waals surface area contributed by atoms with Gasteiger partial charge in [0.25, 0.3) is 12.1 Å². The molecule has 2 unspecified atom stereocenters. The zero-order valence-corrected chi connectivity index (χ0v) is 8.73. The van der Waals surface area contributed by atoms with Gasteiger partial charge in [-0.3, -0.25) is 0 Å². The molecule has 0 aliphatic carbocycles. The van der Waals surface area contributed by atoms with E-state index in [1.807, 2.05) is 0 Å². The van der Waals surface area contributed by atoms with E-state index in [1.54, 1.807) is 0 Å². The van der Waals surface area contributed by atoms with E-state index in [9.17, 15) is 31.1 Å². The molecule has 0 aromatic heterocycles. The van der Waals surface area contributed by atoms with Crippen LogP contribution in [0.4, 0.5) is 31.1 Å². The van der Waals surface area contributed by atoms with Crippen molar-refractivity contribution >= 4 is 6.09 Å². The molecule has 1 amide bonds. The molecule has 1 aliphatic heterocycles. The molecule has 2 atom stereocenters. The highest BCUT2D eigenvalue weighted by atomic mass is 19.3. The molecule has 0 radical (unpaired) electrons. The number of carbonyl (C=O) groups is 1. The highest BCUT2D eigenvalue weighted by molar-refractivity contribution is 5.67. The van der Waals surface area contributed by atoms with E-state index in [1.165, 1.54) is 0 Å². The van der Waals surface area contributed by atoms with Crippen LogP contribution >= 0.6 is 0 Å². The second-order valence-corrected chi connectivity index (χ2v) is 4.01. The molecule has 0 aromatic rings. The summed E-state index contributed by atoms with van der Waals surface area (Å²) < 4.78 is 79.2. The highest BCUT2D eigenvalue weighted by Crippen LogP contribution is 2.59. The Morgan fingerprint density at radius 3 is 1.88 bits per heavy atom. The van der Waals surface area contributed by atoms with Crippen LogP contribution in [0.2, 0.25) is 0 Å². The number of carboxylic acid groups (broad SMARTS) is 1. The van der Waals surface area contributed by atoms with Crippen molar-refractivity contribution in [3.05, 3.63) is 0 Å². The molecule has 1 aliphatic rings. The first-order valence-electron chi connectivity index (χ1n) is 4.53. The average Bonchev–Trinajstić information content (AvgIpc) is 2.24. The molecule has 1 N–H and O–H groups in total. The van der Waals surface area contributed by atoms with Crippen LogP contribution in [0.1, 0.15) is 13.8 Å². The number of alkyl halides is 6. The summed E-state index contributed by atoms with van der Waals surface area (Å²) in [5.41, 5.74) is 0. The van der Waals surface area contributed by atoms with Crippen molar-refractivity contribution in [1.29, 1.82) is 0 Å². The van der Waals surface area contributed by atoms with Gasteiger partial charge in [0.2, 0.25) is 0 Å². The van der Waals surface area contributed by atoms with Crippen LogP contribution in [0.3, 0.4) is 0 Å². The van der Waals surface area contributed by atoms with Gasteiger partial charge in [0.15, 0.2) is 0 Å². The molecule has 1 saturated heterocycles.